The van der Waals surface area contributed by atoms with Crippen LogP contribution < -0.4 is 4.90 Å². The molecule has 1 aromatic carbocycles. The molecule has 2 rings (SSSR count). The van der Waals surface area contributed by atoms with Crippen molar-refractivity contribution in [2.24, 2.45) is 0 Å². The highest BCUT2D eigenvalue weighted by atomic mass is 35.5. The Morgan fingerprint density at radius 3 is 2.52 bits per heavy atom. The maximum absolute atomic E-state index is 12.6. The van der Waals surface area contributed by atoms with Crippen LogP contribution in [0.4, 0.5) is 5.69 Å². The van der Waals surface area contributed by atoms with E-state index in [-0.39, 0.29) is 17.5 Å². The molecular weight excluding hydrogens is 288 g/mol. The molecule has 0 unspecified atom stereocenters. The minimum atomic E-state index is -0.269. The zero-order valence-electron chi connectivity index (χ0n) is 11.9. The average Bonchev–Trinajstić information content (AvgIpc) is 2.84. The smallest absolute Gasteiger partial charge is 0.263 e. The van der Waals surface area contributed by atoms with Crippen LogP contribution in [0.2, 0.25) is 5.22 Å². The lowest BCUT2D eigenvalue weighted by molar-refractivity contribution is 0.0987. The van der Waals surface area contributed by atoms with Crippen molar-refractivity contribution in [1.82, 2.24) is 0 Å². The minimum Gasteiger partial charge on any atom is -0.452 e. The molecule has 0 N–H and O–H groups in total. The summed E-state index contributed by atoms with van der Waals surface area (Å²) in [6.07, 6.45) is 1.62. The Labute approximate surface area is 128 Å². The van der Waals surface area contributed by atoms with Crippen molar-refractivity contribution in [2.75, 3.05) is 11.4 Å². The van der Waals surface area contributed by atoms with Crippen LogP contribution in [0, 0.1) is 25.2 Å². The molecule has 1 aromatic heterocycles. The predicted octanol–water partition coefficient (Wildman–Crippen LogP) is 4.11. The van der Waals surface area contributed by atoms with Gasteiger partial charge in [-0.05, 0) is 54.8 Å². The molecule has 1 amide bonds. The minimum absolute atomic E-state index is 0.0614. The topological polar surface area (TPSA) is 57.2 Å². The number of rotatable bonds is 4. The Balaban J connectivity index is 2.41. The van der Waals surface area contributed by atoms with Crippen LogP contribution in [0.1, 0.15) is 27.9 Å². The molecule has 5 heteroatoms. The molecule has 0 saturated carbocycles. The second-order valence-electron chi connectivity index (χ2n) is 4.82. The molecular formula is C16H15ClN2O2. The number of nitrogens with zero attached hydrogens (tertiary/aromatic N) is 2. The van der Waals surface area contributed by atoms with E-state index in [1.807, 2.05) is 32.0 Å². The quantitative estimate of drug-likeness (QED) is 0.854. The van der Waals surface area contributed by atoms with E-state index in [4.69, 9.17) is 21.3 Å². The van der Waals surface area contributed by atoms with E-state index in [0.29, 0.717) is 12.1 Å². The molecule has 0 aliphatic heterocycles. The second kappa shape index (κ2) is 6.47. The Kier molecular flexibility index (Phi) is 4.66. The fraction of sp³-hybridized carbons (Fsp3) is 0.250. The van der Waals surface area contributed by atoms with Crippen molar-refractivity contribution in [3.63, 3.8) is 0 Å². The normalized spacial score (nSPS) is 10.2. The molecule has 21 heavy (non-hydrogen) atoms. The van der Waals surface area contributed by atoms with Crippen LogP contribution in [-0.2, 0) is 0 Å². The number of carbonyl (C=O) groups excluding carboxylic acids is 1. The third-order valence-electron chi connectivity index (χ3n) is 3.06. The Bertz CT molecular complexity index is 680. The largest absolute Gasteiger partial charge is 0.452 e. The van der Waals surface area contributed by atoms with Gasteiger partial charge in [0, 0.05) is 12.2 Å². The highest BCUT2D eigenvalue weighted by Gasteiger charge is 2.22. The third-order valence-corrected chi connectivity index (χ3v) is 3.35. The van der Waals surface area contributed by atoms with Gasteiger partial charge in [-0.3, -0.25) is 4.79 Å². The summed E-state index contributed by atoms with van der Waals surface area (Å²) in [6, 6.07) is 9.45. The SMILES string of the molecule is Cc1cc(C)cc(N(CCC#N)C(=O)c2ccoc2Cl)c1. The van der Waals surface area contributed by atoms with Crippen LogP contribution in [0.25, 0.3) is 0 Å². The van der Waals surface area contributed by atoms with Crippen LogP contribution in [0.5, 0.6) is 0 Å². The van der Waals surface area contributed by atoms with Gasteiger partial charge in [0.25, 0.3) is 5.91 Å². The highest BCUT2D eigenvalue weighted by Crippen LogP contribution is 2.24. The first kappa shape index (κ1) is 15.1. The van der Waals surface area contributed by atoms with E-state index in [0.717, 1.165) is 16.8 Å². The van der Waals surface area contributed by atoms with Gasteiger partial charge in [-0.1, -0.05) is 6.07 Å². The van der Waals surface area contributed by atoms with Crippen molar-refractivity contribution in [2.45, 2.75) is 20.3 Å². The number of nitriles is 1. The standard InChI is InChI=1S/C16H15ClN2O2/c1-11-8-12(2)10-13(9-11)19(6-3-5-18)16(20)14-4-7-21-15(14)17/h4,7-10H,3,6H2,1-2H3. The number of anilines is 1. The maximum Gasteiger partial charge on any atom is 0.263 e. The number of benzene rings is 1. The van der Waals surface area contributed by atoms with E-state index >= 15 is 0 Å². The average molecular weight is 303 g/mol. The lowest BCUT2D eigenvalue weighted by Gasteiger charge is -2.22. The van der Waals surface area contributed by atoms with Gasteiger partial charge in [-0.2, -0.15) is 5.26 Å². The number of hydrogen-bond acceptors (Lipinski definition) is 3. The number of aryl methyl sites for hydroxylation is 2. The molecule has 108 valence electrons. The third kappa shape index (κ3) is 3.45. The predicted molar refractivity (Wildman–Crippen MR) is 81.5 cm³/mol. The Morgan fingerprint density at radius 1 is 1.33 bits per heavy atom. The van der Waals surface area contributed by atoms with Gasteiger partial charge < -0.3 is 9.32 Å². The van der Waals surface area contributed by atoms with E-state index in [2.05, 4.69) is 6.07 Å². The number of amides is 1. The molecule has 0 atom stereocenters. The molecule has 0 spiro atoms. The summed E-state index contributed by atoms with van der Waals surface area (Å²) in [5.74, 6) is -0.269. The first-order valence-corrected chi connectivity index (χ1v) is 6.91. The zero-order chi connectivity index (χ0) is 15.4. The summed E-state index contributed by atoms with van der Waals surface area (Å²) in [5.41, 5.74) is 3.16. The van der Waals surface area contributed by atoms with E-state index < -0.39 is 0 Å². The molecule has 4 nitrogen and oxygen atoms in total. The summed E-state index contributed by atoms with van der Waals surface area (Å²) in [6.45, 7) is 4.24. The van der Waals surface area contributed by atoms with Gasteiger partial charge >= 0.3 is 0 Å². The molecule has 0 bridgehead atoms. The van der Waals surface area contributed by atoms with Gasteiger partial charge in [-0.15, -0.1) is 0 Å². The van der Waals surface area contributed by atoms with Gasteiger partial charge in [0.05, 0.1) is 24.3 Å². The van der Waals surface area contributed by atoms with E-state index in [1.54, 1.807) is 4.90 Å². The van der Waals surface area contributed by atoms with Crippen LogP contribution >= 0.6 is 11.6 Å². The molecule has 1 heterocycles. The van der Waals surface area contributed by atoms with Crippen LogP contribution in [0.15, 0.2) is 34.9 Å². The number of carbonyl (C=O) groups is 1. The van der Waals surface area contributed by atoms with Crippen LogP contribution in [0.3, 0.4) is 0 Å². The van der Waals surface area contributed by atoms with Gasteiger partial charge in [0.15, 0.2) is 0 Å². The molecule has 0 saturated heterocycles. The maximum atomic E-state index is 12.6. The molecule has 2 aromatic rings. The van der Waals surface area contributed by atoms with Crippen molar-refractivity contribution in [3.05, 3.63) is 52.4 Å². The first-order valence-electron chi connectivity index (χ1n) is 6.53. The molecule has 0 aliphatic rings. The number of hydrogen-bond donors (Lipinski definition) is 0. The summed E-state index contributed by atoms with van der Waals surface area (Å²) in [5, 5.41) is 8.87. The fourth-order valence-corrected chi connectivity index (χ4v) is 2.40. The first-order chi connectivity index (χ1) is 10.0. The lowest BCUT2D eigenvalue weighted by Crippen LogP contribution is -2.31. The van der Waals surface area contributed by atoms with Crippen molar-refractivity contribution >= 4 is 23.2 Å². The fourth-order valence-electron chi connectivity index (χ4n) is 2.21. The Morgan fingerprint density at radius 2 is 2.00 bits per heavy atom. The molecule has 0 radical (unpaired) electrons. The molecule has 0 aliphatic carbocycles. The van der Waals surface area contributed by atoms with Gasteiger partial charge in [0.2, 0.25) is 5.22 Å². The highest BCUT2D eigenvalue weighted by molar-refractivity contribution is 6.32. The number of halogens is 1. The van der Waals surface area contributed by atoms with Gasteiger partial charge in [-0.25, -0.2) is 0 Å². The summed E-state index contributed by atoms with van der Waals surface area (Å²) >= 11 is 5.88. The monoisotopic (exact) mass is 302 g/mol. The van der Waals surface area contributed by atoms with Crippen molar-refractivity contribution in [1.29, 1.82) is 5.26 Å². The van der Waals surface area contributed by atoms with Crippen molar-refractivity contribution < 1.29 is 9.21 Å². The van der Waals surface area contributed by atoms with Crippen LogP contribution in [-0.4, -0.2) is 12.5 Å². The Hall–Kier alpha value is -2.25. The number of furan rings is 1. The summed E-state index contributed by atoms with van der Waals surface area (Å²) in [7, 11) is 0. The van der Waals surface area contributed by atoms with E-state index in [9.17, 15) is 4.79 Å². The summed E-state index contributed by atoms with van der Waals surface area (Å²) < 4.78 is 4.98. The van der Waals surface area contributed by atoms with Gasteiger partial charge in [0.1, 0.15) is 0 Å². The molecule has 0 fully saturated rings. The van der Waals surface area contributed by atoms with E-state index in [1.165, 1.54) is 12.3 Å². The second-order valence-corrected chi connectivity index (χ2v) is 5.16. The summed E-state index contributed by atoms with van der Waals surface area (Å²) in [4.78, 5) is 14.2. The lowest BCUT2D eigenvalue weighted by atomic mass is 10.1. The zero-order valence-corrected chi connectivity index (χ0v) is 12.6. The van der Waals surface area contributed by atoms with Crippen molar-refractivity contribution in [3.8, 4) is 6.07 Å².